The highest BCUT2D eigenvalue weighted by atomic mass is 15.1. The average Bonchev–Trinajstić information content (AvgIpc) is 2.10. The maximum absolute atomic E-state index is 7.63. The minimum Gasteiger partial charge on any atom is -0.310 e. The topological polar surface area (TPSA) is 27.1 Å². The maximum atomic E-state index is 7.63. The Balaban J connectivity index is 3.31. The third kappa shape index (κ3) is 6.35. The summed E-state index contributed by atoms with van der Waals surface area (Å²) in [6.45, 7) is 6.45. The number of unbranched alkanes of at least 4 members (excludes halogenated alkanes) is 1. The second-order valence-corrected chi connectivity index (χ2v) is 3.35. The van der Waals surface area contributed by atoms with E-state index >= 15 is 0 Å². The summed E-state index contributed by atoms with van der Waals surface area (Å²) in [5.74, 6) is 0. The zero-order valence-electron chi connectivity index (χ0n) is 8.69. The van der Waals surface area contributed by atoms with E-state index in [-0.39, 0.29) is 0 Å². The second kappa shape index (κ2) is 7.29. The van der Waals surface area contributed by atoms with Gasteiger partial charge in [-0.2, -0.15) is 0 Å². The van der Waals surface area contributed by atoms with E-state index in [2.05, 4.69) is 25.8 Å². The van der Waals surface area contributed by atoms with E-state index in [0.717, 1.165) is 31.6 Å². The molecule has 12 heavy (non-hydrogen) atoms. The molecule has 0 saturated heterocycles. The molecule has 0 bridgehead atoms. The van der Waals surface area contributed by atoms with E-state index in [1.807, 2.05) is 0 Å². The fourth-order valence-corrected chi connectivity index (χ4v) is 0.999. The number of rotatable bonds is 7. The monoisotopic (exact) mass is 170 g/mol. The lowest BCUT2D eigenvalue weighted by atomic mass is 10.1. The van der Waals surface area contributed by atoms with Crippen LogP contribution in [0.3, 0.4) is 0 Å². The summed E-state index contributed by atoms with van der Waals surface area (Å²) in [5, 5.41) is 7.63. The Morgan fingerprint density at radius 1 is 1.25 bits per heavy atom. The maximum Gasteiger partial charge on any atom is 0.0102 e. The van der Waals surface area contributed by atoms with Gasteiger partial charge in [-0.05, 0) is 32.9 Å². The molecule has 0 aromatic heterocycles. The lowest BCUT2D eigenvalue weighted by Crippen LogP contribution is -2.20. The molecule has 0 aromatic carbocycles. The summed E-state index contributed by atoms with van der Waals surface area (Å²) in [7, 11) is 2.10. The molecular weight excluding hydrogens is 148 g/mol. The van der Waals surface area contributed by atoms with Gasteiger partial charge < -0.3 is 10.3 Å². The van der Waals surface area contributed by atoms with Crippen molar-refractivity contribution in [1.29, 1.82) is 5.41 Å². The summed E-state index contributed by atoms with van der Waals surface area (Å²) < 4.78 is 0. The molecule has 0 radical (unpaired) electrons. The van der Waals surface area contributed by atoms with Gasteiger partial charge in [0.05, 0.1) is 0 Å². The highest BCUT2D eigenvalue weighted by Gasteiger charge is 1.98. The fraction of sp³-hybridized carbons (Fsp3) is 0.900. The number of nitrogens with one attached hydrogen (secondary N) is 1. The van der Waals surface area contributed by atoms with Crippen molar-refractivity contribution in [2.24, 2.45) is 0 Å². The standard InChI is InChI=1S/C10H22N2/c1-4-6-7-10(11)8-9-12(3)5-2/h11H,4-9H2,1-3H3. The van der Waals surface area contributed by atoms with Crippen molar-refractivity contribution in [3.8, 4) is 0 Å². The first-order chi connectivity index (χ1) is 5.70. The molecule has 0 amide bonds. The lowest BCUT2D eigenvalue weighted by Gasteiger charge is -2.13. The third-order valence-corrected chi connectivity index (χ3v) is 2.17. The summed E-state index contributed by atoms with van der Waals surface area (Å²) in [5.41, 5.74) is 0.914. The van der Waals surface area contributed by atoms with Crippen molar-refractivity contribution in [1.82, 2.24) is 4.90 Å². The van der Waals surface area contributed by atoms with Gasteiger partial charge in [-0.25, -0.2) is 0 Å². The van der Waals surface area contributed by atoms with E-state index < -0.39 is 0 Å². The molecule has 1 N–H and O–H groups in total. The Morgan fingerprint density at radius 3 is 2.42 bits per heavy atom. The van der Waals surface area contributed by atoms with Crippen LogP contribution in [0.5, 0.6) is 0 Å². The van der Waals surface area contributed by atoms with Crippen LogP contribution in [0, 0.1) is 5.41 Å². The Morgan fingerprint density at radius 2 is 1.92 bits per heavy atom. The second-order valence-electron chi connectivity index (χ2n) is 3.35. The molecule has 0 aliphatic rings. The van der Waals surface area contributed by atoms with Gasteiger partial charge in [0.25, 0.3) is 0 Å². The number of hydrogen-bond donors (Lipinski definition) is 1. The lowest BCUT2D eigenvalue weighted by molar-refractivity contribution is 0.363. The molecule has 0 aromatic rings. The minimum absolute atomic E-state index is 0.914. The van der Waals surface area contributed by atoms with Crippen molar-refractivity contribution >= 4 is 5.71 Å². The van der Waals surface area contributed by atoms with Crippen LogP contribution >= 0.6 is 0 Å². The molecule has 2 nitrogen and oxygen atoms in total. The summed E-state index contributed by atoms with van der Waals surface area (Å²) in [6, 6.07) is 0. The first-order valence-electron chi connectivity index (χ1n) is 4.95. The Bertz CT molecular complexity index is 121. The predicted molar refractivity (Wildman–Crippen MR) is 55.0 cm³/mol. The van der Waals surface area contributed by atoms with Gasteiger partial charge in [0, 0.05) is 12.3 Å². The van der Waals surface area contributed by atoms with E-state index in [1.165, 1.54) is 12.8 Å². The smallest absolute Gasteiger partial charge is 0.0102 e. The van der Waals surface area contributed by atoms with Gasteiger partial charge >= 0.3 is 0 Å². The summed E-state index contributed by atoms with van der Waals surface area (Å²) >= 11 is 0. The van der Waals surface area contributed by atoms with E-state index in [0.29, 0.717) is 0 Å². The fourth-order valence-electron chi connectivity index (χ4n) is 0.999. The van der Waals surface area contributed by atoms with E-state index in [1.54, 1.807) is 0 Å². The van der Waals surface area contributed by atoms with Crippen LogP contribution in [0.4, 0.5) is 0 Å². The van der Waals surface area contributed by atoms with Crippen LogP contribution in [0.15, 0.2) is 0 Å². The van der Waals surface area contributed by atoms with Gasteiger partial charge in [0.15, 0.2) is 0 Å². The molecule has 0 atom stereocenters. The van der Waals surface area contributed by atoms with E-state index in [9.17, 15) is 0 Å². The Hall–Kier alpha value is -0.370. The van der Waals surface area contributed by atoms with Crippen LogP contribution in [0.25, 0.3) is 0 Å². The molecule has 72 valence electrons. The molecule has 0 unspecified atom stereocenters. The Labute approximate surface area is 76.5 Å². The predicted octanol–water partition coefficient (Wildman–Crippen LogP) is 2.54. The highest BCUT2D eigenvalue weighted by molar-refractivity contribution is 5.81. The first-order valence-corrected chi connectivity index (χ1v) is 4.95. The zero-order valence-corrected chi connectivity index (χ0v) is 8.69. The zero-order chi connectivity index (χ0) is 9.40. The molecular formula is C10H22N2. The SMILES string of the molecule is CCCCC(=N)CCN(C)CC. The van der Waals surface area contributed by atoms with Crippen LogP contribution in [0.2, 0.25) is 0 Å². The molecule has 0 rings (SSSR count). The van der Waals surface area contributed by atoms with Crippen LogP contribution < -0.4 is 0 Å². The van der Waals surface area contributed by atoms with Gasteiger partial charge in [0.1, 0.15) is 0 Å². The van der Waals surface area contributed by atoms with Crippen molar-refractivity contribution in [3.63, 3.8) is 0 Å². The third-order valence-electron chi connectivity index (χ3n) is 2.17. The van der Waals surface area contributed by atoms with Gasteiger partial charge in [-0.1, -0.05) is 20.3 Å². The highest BCUT2D eigenvalue weighted by Crippen LogP contribution is 1.99. The average molecular weight is 170 g/mol. The van der Waals surface area contributed by atoms with Crippen molar-refractivity contribution in [2.45, 2.75) is 39.5 Å². The van der Waals surface area contributed by atoms with Crippen molar-refractivity contribution in [3.05, 3.63) is 0 Å². The molecule has 0 heterocycles. The van der Waals surface area contributed by atoms with Crippen LogP contribution in [-0.2, 0) is 0 Å². The molecule has 0 saturated carbocycles. The number of hydrogen-bond acceptors (Lipinski definition) is 2. The molecule has 0 fully saturated rings. The first kappa shape index (κ1) is 11.6. The van der Waals surface area contributed by atoms with E-state index in [4.69, 9.17) is 5.41 Å². The van der Waals surface area contributed by atoms with Gasteiger partial charge in [0.2, 0.25) is 0 Å². The van der Waals surface area contributed by atoms with Crippen molar-refractivity contribution < 1.29 is 0 Å². The molecule has 0 aliphatic heterocycles. The van der Waals surface area contributed by atoms with Gasteiger partial charge in [-0.3, -0.25) is 0 Å². The number of nitrogens with zero attached hydrogens (tertiary/aromatic N) is 1. The van der Waals surface area contributed by atoms with Gasteiger partial charge in [-0.15, -0.1) is 0 Å². The molecule has 0 aliphatic carbocycles. The summed E-state index contributed by atoms with van der Waals surface area (Å²) in [4.78, 5) is 2.25. The van der Waals surface area contributed by atoms with Crippen molar-refractivity contribution in [2.75, 3.05) is 20.1 Å². The van der Waals surface area contributed by atoms with Crippen LogP contribution in [0.1, 0.15) is 39.5 Å². The minimum atomic E-state index is 0.914. The normalized spacial score (nSPS) is 10.7. The Kier molecular flexibility index (Phi) is 7.06. The quantitative estimate of drug-likeness (QED) is 0.584. The van der Waals surface area contributed by atoms with Crippen LogP contribution in [-0.4, -0.2) is 30.7 Å². The largest absolute Gasteiger partial charge is 0.310 e. The molecule has 0 spiro atoms. The molecule has 2 heteroatoms. The summed E-state index contributed by atoms with van der Waals surface area (Å²) in [6.07, 6.45) is 4.32.